The van der Waals surface area contributed by atoms with E-state index in [4.69, 9.17) is 16.7 Å². The third kappa shape index (κ3) is 3.37. The molecule has 1 atom stereocenters. The maximum atomic E-state index is 10.5. The number of aliphatic hydroxyl groups excluding tert-OH is 1. The molecule has 1 unspecified atom stereocenters. The Bertz CT molecular complexity index is 344. The summed E-state index contributed by atoms with van der Waals surface area (Å²) in [6.45, 7) is -0.0175. The van der Waals surface area contributed by atoms with Crippen molar-refractivity contribution in [2.45, 2.75) is 6.10 Å². The zero-order valence-electron chi connectivity index (χ0n) is 7.84. The lowest BCUT2D eigenvalue weighted by molar-refractivity contribution is -0.125. The van der Waals surface area contributed by atoms with Crippen LogP contribution in [0.5, 0.6) is 0 Å². The van der Waals surface area contributed by atoms with Gasteiger partial charge >= 0.3 is 0 Å². The van der Waals surface area contributed by atoms with Crippen LogP contribution in [0.3, 0.4) is 0 Å². The summed E-state index contributed by atoms with van der Waals surface area (Å²) in [6, 6.07) is 1.56. The predicted octanol–water partition coefficient (Wildman–Crippen LogP) is -1.98. The fourth-order valence-electron chi connectivity index (χ4n) is 0.829. The SMILES string of the molecule is NNc1nccc(NCC(O)C(N)=O)n1. The van der Waals surface area contributed by atoms with E-state index < -0.39 is 12.0 Å². The van der Waals surface area contributed by atoms with Gasteiger partial charge < -0.3 is 16.2 Å². The second-order valence-corrected chi connectivity index (χ2v) is 2.71. The van der Waals surface area contributed by atoms with E-state index in [1.807, 2.05) is 0 Å². The van der Waals surface area contributed by atoms with E-state index in [0.29, 0.717) is 5.82 Å². The van der Waals surface area contributed by atoms with Crippen LogP contribution in [0.4, 0.5) is 11.8 Å². The lowest BCUT2D eigenvalue weighted by Gasteiger charge is -2.09. The van der Waals surface area contributed by atoms with Crippen molar-refractivity contribution in [2.75, 3.05) is 17.3 Å². The number of carbonyl (C=O) groups is 1. The van der Waals surface area contributed by atoms with Gasteiger partial charge in [-0.2, -0.15) is 4.98 Å². The molecule has 0 aliphatic carbocycles. The van der Waals surface area contributed by atoms with Gasteiger partial charge in [0, 0.05) is 6.20 Å². The normalized spacial score (nSPS) is 11.9. The topological polar surface area (TPSA) is 139 Å². The standard InChI is InChI=1S/C7H12N6O2/c8-6(15)4(14)3-11-5-1-2-10-7(12-5)13-9/h1-2,4,14H,3,9H2,(H2,8,15)(H2,10,11,12,13). The highest BCUT2D eigenvalue weighted by Gasteiger charge is 2.10. The third-order valence-electron chi connectivity index (χ3n) is 1.59. The lowest BCUT2D eigenvalue weighted by atomic mass is 10.3. The molecule has 0 saturated carbocycles. The Labute approximate surface area is 85.7 Å². The fourth-order valence-corrected chi connectivity index (χ4v) is 0.829. The quantitative estimate of drug-likeness (QED) is 0.281. The Balaban J connectivity index is 2.53. The van der Waals surface area contributed by atoms with Crippen molar-refractivity contribution in [1.82, 2.24) is 9.97 Å². The van der Waals surface area contributed by atoms with Gasteiger partial charge in [-0.05, 0) is 6.07 Å². The molecule has 82 valence electrons. The van der Waals surface area contributed by atoms with Crippen LogP contribution in [-0.2, 0) is 4.79 Å². The van der Waals surface area contributed by atoms with E-state index in [1.54, 1.807) is 6.07 Å². The first-order valence-corrected chi connectivity index (χ1v) is 4.14. The maximum absolute atomic E-state index is 10.5. The first-order valence-electron chi connectivity index (χ1n) is 4.14. The number of nitrogens with one attached hydrogen (secondary N) is 2. The molecule has 0 aromatic carbocycles. The van der Waals surface area contributed by atoms with Crippen molar-refractivity contribution in [1.29, 1.82) is 0 Å². The third-order valence-corrected chi connectivity index (χ3v) is 1.59. The number of hydrazine groups is 1. The van der Waals surface area contributed by atoms with Crippen molar-refractivity contribution in [3.8, 4) is 0 Å². The van der Waals surface area contributed by atoms with Crippen LogP contribution in [-0.4, -0.2) is 33.6 Å². The summed E-state index contributed by atoms with van der Waals surface area (Å²) in [5.74, 6) is 4.96. The second-order valence-electron chi connectivity index (χ2n) is 2.71. The van der Waals surface area contributed by atoms with Crippen LogP contribution >= 0.6 is 0 Å². The summed E-state index contributed by atoms with van der Waals surface area (Å²) < 4.78 is 0. The van der Waals surface area contributed by atoms with Crippen molar-refractivity contribution in [3.05, 3.63) is 12.3 Å². The summed E-state index contributed by atoms with van der Waals surface area (Å²) in [7, 11) is 0. The Morgan fingerprint density at radius 3 is 3.00 bits per heavy atom. The molecule has 1 rings (SSSR count). The number of nitrogens with zero attached hydrogens (tertiary/aromatic N) is 2. The van der Waals surface area contributed by atoms with E-state index in [1.165, 1.54) is 6.20 Å². The number of amides is 1. The molecular weight excluding hydrogens is 200 g/mol. The molecule has 1 aromatic heterocycles. The largest absolute Gasteiger partial charge is 0.381 e. The van der Waals surface area contributed by atoms with E-state index >= 15 is 0 Å². The average molecular weight is 212 g/mol. The summed E-state index contributed by atoms with van der Waals surface area (Å²) >= 11 is 0. The highest BCUT2D eigenvalue weighted by molar-refractivity contribution is 5.79. The number of primary amides is 1. The van der Waals surface area contributed by atoms with Gasteiger partial charge in [0.1, 0.15) is 11.9 Å². The summed E-state index contributed by atoms with van der Waals surface area (Å²) in [5.41, 5.74) is 7.12. The lowest BCUT2D eigenvalue weighted by Crippen LogP contribution is -2.34. The molecule has 8 heteroatoms. The van der Waals surface area contributed by atoms with Crippen LogP contribution in [0.15, 0.2) is 12.3 Å². The van der Waals surface area contributed by atoms with Crippen molar-refractivity contribution < 1.29 is 9.90 Å². The maximum Gasteiger partial charge on any atom is 0.248 e. The highest BCUT2D eigenvalue weighted by Crippen LogP contribution is 2.03. The number of nitrogens with two attached hydrogens (primary N) is 2. The van der Waals surface area contributed by atoms with Gasteiger partial charge in [0.15, 0.2) is 0 Å². The molecule has 0 radical (unpaired) electrons. The monoisotopic (exact) mass is 212 g/mol. The minimum absolute atomic E-state index is 0.0175. The molecule has 0 aliphatic heterocycles. The molecule has 0 saturated heterocycles. The zero-order chi connectivity index (χ0) is 11.3. The van der Waals surface area contributed by atoms with Crippen LogP contribution in [0, 0.1) is 0 Å². The Kier molecular flexibility index (Phi) is 3.77. The molecule has 15 heavy (non-hydrogen) atoms. The number of hydrogen-bond acceptors (Lipinski definition) is 7. The van der Waals surface area contributed by atoms with Gasteiger partial charge in [0.25, 0.3) is 0 Å². The first-order chi connectivity index (χ1) is 7.13. The first kappa shape index (κ1) is 11.1. The Hall–Kier alpha value is -1.93. The minimum atomic E-state index is -1.26. The van der Waals surface area contributed by atoms with E-state index in [2.05, 4.69) is 20.7 Å². The molecule has 7 N–H and O–H groups in total. The number of hydrogen-bond donors (Lipinski definition) is 5. The number of aliphatic hydroxyl groups is 1. The molecule has 0 bridgehead atoms. The number of aromatic nitrogens is 2. The summed E-state index contributed by atoms with van der Waals surface area (Å²) in [6.07, 6.45) is 0.218. The van der Waals surface area contributed by atoms with Gasteiger partial charge in [-0.3, -0.25) is 10.2 Å². The van der Waals surface area contributed by atoms with Crippen LogP contribution < -0.4 is 22.3 Å². The summed E-state index contributed by atoms with van der Waals surface area (Å²) in [4.78, 5) is 18.2. The zero-order valence-corrected chi connectivity index (χ0v) is 7.84. The highest BCUT2D eigenvalue weighted by atomic mass is 16.3. The minimum Gasteiger partial charge on any atom is -0.381 e. The predicted molar refractivity (Wildman–Crippen MR) is 53.5 cm³/mol. The molecule has 0 fully saturated rings. The number of carbonyl (C=O) groups excluding carboxylic acids is 1. The average Bonchev–Trinajstić information content (AvgIpc) is 2.26. The van der Waals surface area contributed by atoms with Gasteiger partial charge in [-0.25, -0.2) is 10.8 Å². The summed E-state index contributed by atoms with van der Waals surface area (Å²) in [5, 5.41) is 11.8. The van der Waals surface area contributed by atoms with Crippen LogP contribution in [0.1, 0.15) is 0 Å². The van der Waals surface area contributed by atoms with Gasteiger partial charge in [0.2, 0.25) is 11.9 Å². The van der Waals surface area contributed by atoms with Crippen LogP contribution in [0.25, 0.3) is 0 Å². The van der Waals surface area contributed by atoms with E-state index in [0.717, 1.165) is 0 Å². The van der Waals surface area contributed by atoms with Gasteiger partial charge in [0.05, 0.1) is 6.54 Å². The molecule has 0 spiro atoms. The number of rotatable bonds is 5. The Morgan fingerprint density at radius 2 is 2.40 bits per heavy atom. The van der Waals surface area contributed by atoms with Crippen LogP contribution in [0.2, 0.25) is 0 Å². The van der Waals surface area contributed by atoms with Gasteiger partial charge in [-0.15, -0.1) is 0 Å². The second kappa shape index (κ2) is 5.08. The van der Waals surface area contributed by atoms with E-state index in [-0.39, 0.29) is 12.5 Å². The molecule has 0 aliphatic rings. The molecular formula is C7H12N6O2. The molecule has 1 aromatic rings. The van der Waals surface area contributed by atoms with Crippen molar-refractivity contribution in [2.24, 2.45) is 11.6 Å². The molecule has 8 nitrogen and oxygen atoms in total. The molecule has 1 amide bonds. The molecule has 1 heterocycles. The number of anilines is 2. The van der Waals surface area contributed by atoms with Gasteiger partial charge in [-0.1, -0.05) is 0 Å². The smallest absolute Gasteiger partial charge is 0.248 e. The van der Waals surface area contributed by atoms with Crippen molar-refractivity contribution in [3.63, 3.8) is 0 Å². The van der Waals surface area contributed by atoms with Crippen molar-refractivity contribution >= 4 is 17.7 Å². The Morgan fingerprint density at radius 1 is 1.67 bits per heavy atom. The van der Waals surface area contributed by atoms with E-state index in [9.17, 15) is 4.79 Å². The fraction of sp³-hybridized carbons (Fsp3) is 0.286. The number of nitrogen functional groups attached to an aromatic ring is 1.